The summed E-state index contributed by atoms with van der Waals surface area (Å²) in [5, 5.41) is 17.0. The van der Waals surface area contributed by atoms with Gasteiger partial charge in [0, 0.05) is 46.9 Å². The molecule has 0 bridgehead atoms. The third kappa shape index (κ3) is 5.21. The summed E-state index contributed by atoms with van der Waals surface area (Å²) >= 11 is 0. The van der Waals surface area contributed by atoms with E-state index in [1.165, 1.54) is 0 Å². The first-order valence-electron chi connectivity index (χ1n) is 14.3. The van der Waals surface area contributed by atoms with Crippen LogP contribution in [0.2, 0.25) is 0 Å². The van der Waals surface area contributed by atoms with Gasteiger partial charge in [-0.1, -0.05) is 0 Å². The molecule has 0 spiro atoms. The number of rotatable bonds is 8. The van der Waals surface area contributed by atoms with Crippen LogP contribution in [0.1, 0.15) is 25.7 Å². The van der Waals surface area contributed by atoms with Gasteiger partial charge in [0.05, 0.1) is 35.5 Å². The van der Waals surface area contributed by atoms with Gasteiger partial charge >= 0.3 is 0 Å². The Labute approximate surface area is 237 Å². The zero-order valence-corrected chi connectivity index (χ0v) is 22.8. The van der Waals surface area contributed by atoms with Gasteiger partial charge in [-0.05, 0) is 88.3 Å². The van der Waals surface area contributed by atoms with E-state index in [4.69, 9.17) is 0 Å². The lowest BCUT2D eigenvalue weighted by Crippen LogP contribution is -2.30. The van der Waals surface area contributed by atoms with E-state index in [1.807, 2.05) is 48.8 Å². The van der Waals surface area contributed by atoms with Gasteiger partial charge in [-0.2, -0.15) is 10.2 Å². The van der Waals surface area contributed by atoms with Crippen LogP contribution in [0.4, 0.5) is 11.4 Å². The fourth-order valence-electron chi connectivity index (χ4n) is 6.08. The second-order valence-corrected chi connectivity index (χ2v) is 10.9. The normalized spacial score (nSPS) is 16.2. The van der Waals surface area contributed by atoms with E-state index in [0.29, 0.717) is 24.5 Å². The number of amides is 2. The number of likely N-dealkylation sites (tertiary alicyclic amines) is 2. The van der Waals surface area contributed by atoms with Gasteiger partial charge in [0.25, 0.3) is 0 Å². The molecule has 41 heavy (non-hydrogen) atoms. The molecule has 2 aliphatic rings. The largest absolute Gasteiger partial charge is 0.351 e. The second-order valence-electron chi connectivity index (χ2n) is 10.9. The van der Waals surface area contributed by atoms with Crippen molar-refractivity contribution in [1.82, 2.24) is 34.3 Å². The van der Waals surface area contributed by atoms with Gasteiger partial charge in [0.15, 0.2) is 0 Å². The maximum absolute atomic E-state index is 13.0. The molecule has 2 fully saturated rings. The quantitative estimate of drug-likeness (QED) is 0.271. The lowest BCUT2D eigenvalue weighted by Gasteiger charge is -2.15. The van der Waals surface area contributed by atoms with Crippen LogP contribution in [0.3, 0.4) is 0 Å². The van der Waals surface area contributed by atoms with Crippen LogP contribution in [-0.2, 0) is 9.59 Å². The minimum Gasteiger partial charge on any atom is -0.351 e. The number of aromatic amines is 1. The summed E-state index contributed by atoms with van der Waals surface area (Å²) in [6.45, 7) is 4.57. The number of carbonyl (C=O) groups is 2. The average Bonchev–Trinajstić information content (AvgIpc) is 3.78. The summed E-state index contributed by atoms with van der Waals surface area (Å²) in [5.41, 5.74) is 4.75. The average molecular weight is 552 g/mol. The first-order chi connectivity index (χ1) is 20.1. The fourth-order valence-corrected chi connectivity index (χ4v) is 6.08. The molecular weight excluding hydrogens is 518 g/mol. The molecule has 5 aromatic rings. The van der Waals surface area contributed by atoms with E-state index in [1.54, 1.807) is 21.8 Å². The van der Waals surface area contributed by atoms with Gasteiger partial charge in [-0.3, -0.25) is 19.4 Å². The summed E-state index contributed by atoms with van der Waals surface area (Å²) in [4.78, 5) is 33.9. The molecule has 3 aromatic heterocycles. The molecular formula is C30H33N9O2. The van der Waals surface area contributed by atoms with Gasteiger partial charge in [-0.25, -0.2) is 9.36 Å². The Bertz CT molecular complexity index is 1570. The standard InChI is InChI=1S/C30H33N9O2/c40-27(19-36-9-1-2-10-36)33-21-15-23-24-16-22(34-28(41)20-37-11-3-4-12-37)18-26(39-14-6-8-32-39)30(24)35-29(23)25(17-21)38-13-5-7-31-38/h5-8,13-18,35H,1-4,9-12,19-20H2,(H,33,40)(H,34,41). The number of hydrogen-bond acceptors (Lipinski definition) is 6. The van der Waals surface area contributed by atoms with Gasteiger partial charge in [0.2, 0.25) is 11.8 Å². The summed E-state index contributed by atoms with van der Waals surface area (Å²) in [6.07, 6.45) is 11.8. The van der Waals surface area contributed by atoms with E-state index in [0.717, 1.165) is 85.0 Å². The zero-order valence-electron chi connectivity index (χ0n) is 22.8. The van der Waals surface area contributed by atoms with Crippen molar-refractivity contribution < 1.29 is 9.59 Å². The summed E-state index contributed by atoms with van der Waals surface area (Å²) in [6, 6.07) is 11.6. The Morgan fingerprint density at radius 2 is 1.12 bits per heavy atom. The molecule has 2 aliphatic heterocycles. The van der Waals surface area contributed by atoms with Crippen molar-refractivity contribution in [2.75, 3.05) is 49.9 Å². The summed E-state index contributed by atoms with van der Waals surface area (Å²) < 4.78 is 3.58. The Morgan fingerprint density at radius 1 is 0.683 bits per heavy atom. The highest BCUT2D eigenvalue weighted by molar-refractivity contribution is 6.15. The maximum Gasteiger partial charge on any atom is 0.238 e. The van der Waals surface area contributed by atoms with Crippen molar-refractivity contribution in [3.05, 3.63) is 61.2 Å². The molecule has 0 aliphatic carbocycles. The van der Waals surface area contributed by atoms with Crippen LogP contribution in [0.5, 0.6) is 0 Å². The van der Waals surface area contributed by atoms with Crippen molar-refractivity contribution in [3.63, 3.8) is 0 Å². The van der Waals surface area contributed by atoms with E-state index < -0.39 is 0 Å². The fraction of sp³-hybridized carbons (Fsp3) is 0.333. The lowest BCUT2D eigenvalue weighted by molar-refractivity contribution is -0.117. The van der Waals surface area contributed by atoms with Crippen LogP contribution in [-0.4, -0.2) is 85.4 Å². The third-order valence-corrected chi connectivity index (χ3v) is 7.98. The number of nitrogens with zero attached hydrogens (tertiary/aromatic N) is 6. The second kappa shape index (κ2) is 10.8. The zero-order chi connectivity index (χ0) is 27.8. The van der Waals surface area contributed by atoms with Crippen molar-refractivity contribution in [1.29, 1.82) is 0 Å². The van der Waals surface area contributed by atoms with Crippen molar-refractivity contribution in [3.8, 4) is 11.4 Å². The van der Waals surface area contributed by atoms with Gasteiger partial charge in [-0.15, -0.1) is 0 Å². The van der Waals surface area contributed by atoms with Crippen LogP contribution in [0.15, 0.2) is 61.2 Å². The highest BCUT2D eigenvalue weighted by Crippen LogP contribution is 2.37. The summed E-state index contributed by atoms with van der Waals surface area (Å²) in [5.74, 6) is -0.0748. The minimum atomic E-state index is -0.0374. The molecule has 11 heteroatoms. The predicted octanol–water partition coefficient (Wildman–Crippen LogP) is 3.76. The van der Waals surface area contributed by atoms with Gasteiger partial charge in [0.1, 0.15) is 0 Å². The van der Waals surface area contributed by atoms with Crippen LogP contribution in [0, 0.1) is 0 Å². The van der Waals surface area contributed by atoms with Gasteiger partial charge < -0.3 is 15.6 Å². The van der Waals surface area contributed by atoms with E-state index in [-0.39, 0.29) is 11.8 Å². The van der Waals surface area contributed by atoms with Crippen LogP contribution < -0.4 is 10.6 Å². The molecule has 0 unspecified atom stereocenters. The highest BCUT2D eigenvalue weighted by Gasteiger charge is 2.20. The van der Waals surface area contributed by atoms with Crippen LogP contribution in [0.25, 0.3) is 33.2 Å². The molecule has 0 saturated carbocycles. The maximum atomic E-state index is 13.0. The summed E-state index contributed by atoms with van der Waals surface area (Å²) in [7, 11) is 0. The number of H-pyrrole nitrogens is 1. The minimum absolute atomic E-state index is 0.0374. The number of hydrogen-bond donors (Lipinski definition) is 3. The third-order valence-electron chi connectivity index (χ3n) is 7.98. The lowest BCUT2D eigenvalue weighted by atomic mass is 10.1. The molecule has 2 saturated heterocycles. The van der Waals surface area contributed by atoms with Crippen molar-refractivity contribution in [2.24, 2.45) is 0 Å². The van der Waals surface area contributed by atoms with E-state index in [9.17, 15) is 9.59 Å². The molecule has 0 atom stereocenters. The predicted molar refractivity (Wildman–Crippen MR) is 159 cm³/mol. The SMILES string of the molecule is O=C(CN1CCCC1)Nc1cc(-n2cccn2)c2[nH]c3c(-n4cccn4)cc(NC(=O)CN4CCCC4)cc3c2c1. The molecule has 2 aromatic carbocycles. The van der Waals surface area contributed by atoms with Crippen LogP contribution >= 0.6 is 0 Å². The van der Waals surface area contributed by atoms with E-state index >= 15 is 0 Å². The monoisotopic (exact) mass is 551 g/mol. The number of benzene rings is 2. The number of carbonyl (C=O) groups excluding carboxylic acids is 2. The molecule has 5 heterocycles. The smallest absolute Gasteiger partial charge is 0.238 e. The Morgan fingerprint density at radius 3 is 1.51 bits per heavy atom. The Balaban J connectivity index is 1.33. The molecule has 0 radical (unpaired) electrons. The van der Waals surface area contributed by atoms with E-state index in [2.05, 4.69) is 35.6 Å². The molecule has 2 amide bonds. The molecule has 11 nitrogen and oxygen atoms in total. The first kappa shape index (κ1) is 25.5. The molecule has 3 N–H and O–H groups in total. The number of aromatic nitrogens is 5. The van der Waals surface area contributed by atoms with Crippen molar-refractivity contribution >= 4 is 45.0 Å². The topological polar surface area (TPSA) is 116 Å². The number of anilines is 2. The number of nitrogens with one attached hydrogen (secondary N) is 3. The highest BCUT2D eigenvalue weighted by atomic mass is 16.2. The molecule has 7 rings (SSSR count). The number of fused-ring (bicyclic) bond motifs is 3. The Hall–Kier alpha value is -4.48. The first-order valence-corrected chi connectivity index (χ1v) is 14.3. The molecule has 210 valence electrons. The Kier molecular flexibility index (Phi) is 6.73. The van der Waals surface area contributed by atoms with Crippen molar-refractivity contribution in [2.45, 2.75) is 25.7 Å².